The van der Waals surface area contributed by atoms with Crippen molar-refractivity contribution < 1.29 is 14.7 Å². The molecule has 0 aromatic heterocycles. The number of hydrogen-bond acceptors (Lipinski definition) is 2. The molecule has 1 N–H and O–H groups in total. The first-order valence-corrected chi connectivity index (χ1v) is 6.28. The highest BCUT2D eigenvalue weighted by atomic mass is 16.4. The van der Waals surface area contributed by atoms with Gasteiger partial charge in [-0.25, -0.2) is 0 Å². The number of hydrogen-bond donors (Lipinski definition) is 1. The number of carbonyl (C=O) groups excluding carboxylic acids is 1. The minimum absolute atomic E-state index is 0.0539. The summed E-state index contributed by atoms with van der Waals surface area (Å²) in [4.78, 5) is 24.5. The van der Waals surface area contributed by atoms with Crippen LogP contribution in [0, 0.1) is 11.8 Å². The second-order valence-corrected chi connectivity index (χ2v) is 5.10. The maximum Gasteiger partial charge on any atom is 0.306 e. The Bertz CT molecular complexity index is 350. The molecule has 17 heavy (non-hydrogen) atoms. The summed E-state index contributed by atoms with van der Waals surface area (Å²) in [7, 11) is 0. The number of carboxylic acids is 1. The summed E-state index contributed by atoms with van der Waals surface area (Å²) in [5.41, 5.74) is 1.18. The number of piperidine rings is 1. The van der Waals surface area contributed by atoms with Crippen molar-refractivity contribution in [1.82, 2.24) is 4.90 Å². The molecule has 0 unspecified atom stereocenters. The molecule has 0 aromatic carbocycles. The molecule has 1 saturated carbocycles. The van der Waals surface area contributed by atoms with E-state index in [1.54, 1.807) is 11.0 Å². The van der Waals surface area contributed by atoms with Crippen LogP contribution in [-0.4, -0.2) is 35.0 Å². The number of allylic oxidation sites excluding steroid dienone is 1. The molecule has 1 aliphatic carbocycles. The van der Waals surface area contributed by atoms with E-state index in [-0.39, 0.29) is 11.8 Å². The molecule has 1 heterocycles. The predicted octanol–water partition coefficient (Wildman–Crippen LogP) is 1.67. The molecule has 0 aromatic rings. The average Bonchev–Trinajstić information content (AvgIpc) is 3.12. The Morgan fingerprint density at radius 2 is 1.71 bits per heavy atom. The molecule has 2 aliphatic rings. The first-order chi connectivity index (χ1) is 8.08. The fraction of sp³-hybridized carbons (Fsp3) is 0.692. The molecule has 1 aliphatic heterocycles. The molecule has 4 heteroatoms. The van der Waals surface area contributed by atoms with Crippen molar-refractivity contribution in [3.8, 4) is 0 Å². The highest BCUT2D eigenvalue weighted by Gasteiger charge is 2.28. The third-order valence-electron chi connectivity index (χ3n) is 3.73. The normalized spacial score (nSPS) is 22.6. The largest absolute Gasteiger partial charge is 0.481 e. The molecule has 4 nitrogen and oxygen atoms in total. The van der Waals surface area contributed by atoms with Crippen LogP contribution >= 0.6 is 0 Å². The van der Waals surface area contributed by atoms with Gasteiger partial charge in [-0.2, -0.15) is 0 Å². The Hall–Kier alpha value is -1.32. The van der Waals surface area contributed by atoms with Crippen molar-refractivity contribution in [1.29, 1.82) is 0 Å². The van der Waals surface area contributed by atoms with Gasteiger partial charge in [0.15, 0.2) is 0 Å². The second-order valence-electron chi connectivity index (χ2n) is 5.10. The van der Waals surface area contributed by atoms with Gasteiger partial charge in [0, 0.05) is 19.2 Å². The third-order valence-corrected chi connectivity index (χ3v) is 3.73. The Balaban J connectivity index is 1.85. The molecule has 2 fully saturated rings. The third kappa shape index (κ3) is 3.08. The Morgan fingerprint density at radius 1 is 1.12 bits per heavy atom. The molecule has 1 amide bonds. The minimum atomic E-state index is -0.734. The zero-order valence-corrected chi connectivity index (χ0v) is 10.2. The maximum absolute atomic E-state index is 11.9. The summed E-state index contributed by atoms with van der Waals surface area (Å²) in [5.74, 6) is -0.330. The van der Waals surface area contributed by atoms with Gasteiger partial charge < -0.3 is 10.0 Å². The first kappa shape index (κ1) is 12.1. The van der Waals surface area contributed by atoms with E-state index in [1.807, 2.05) is 6.92 Å². The van der Waals surface area contributed by atoms with Gasteiger partial charge in [0.1, 0.15) is 0 Å². The lowest BCUT2D eigenvalue weighted by Crippen LogP contribution is -2.39. The van der Waals surface area contributed by atoms with Crippen LogP contribution in [0.2, 0.25) is 0 Å². The number of carbonyl (C=O) groups is 2. The lowest BCUT2D eigenvalue weighted by atomic mass is 9.97. The summed E-state index contributed by atoms with van der Waals surface area (Å²) in [6.07, 6.45) is 5.31. The highest BCUT2D eigenvalue weighted by molar-refractivity contribution is 5.88. The van der Waals surface area contributed by atoms with Gasteiger partial charge in [-0.3, -0.25) is 9.59 Å². The smallest absolute Gasteiger partial charge is 0.306 e. The van der Waals surface area contributed by atoms with E-state index in [0.29, 0.717) is 31.8 Å². The van der Waals surface area contributed by atoms with Crippen molar-refractivity contribution in [3.63, 3.8) is 0 Å². The van der Waals surface area contributed by atoms with Crippen LogP contribution in [0.15, 0.2) is 11.6 Å². The fourth-order valence-electron chi connectivity index (χ4n) is 2.29. The molecular formula is C13H19NO3. The molecule has 1 saturated heterocycles. The quantitative estimate of drug-likeness (QED) is 0.759. The van der Waals surface area contributed by atoms with Crippen LogP contribution in [0.5, 0.6) is 0 Å². The van der Waals surface area contributed by atoms with Gasteiger partial charge in [-0.1, -0.05) is 5.57 Å². The topological polar surface area (TPSA) is 57.6 Å². The zero-order chi connectivity index (χ0) is 12.4. The molecule has 0 bridgehead atoms. The predicted molar refractivity (Wildman–Crippen MR) is 63.4 cm³/mol. The fourth-order valence-corrected chi connectivity index (χ4v) is 2.29. The van der Waals surface area contributed by atoms with E-state index in [2.05, 4.69) is 0 Å². The van der Waals surface area contributed by atoms with Crippen LogP contribution in [0.25, 0.3) is 0 Å². The van der Waals surface area contributed by atoms with E-state index in [1.165, 1.54) is 18.4 Å². The SMILES string of the molecule is CC(=CC(=O)N1CCC(C(=O)O)CC1)C1CC1. The van der Waals surface area contributed by atoms with Crippen LogP contribution in [-0.2, 0) is 9.59 Å². The van der Waals surface area contributed by atoms with Crippen molar-refractivity contribution >= 4 is 11.9 Å². The van der Waals surface area contributed by atoms with E-state index in [9.17, 15) is 9.59 Å². The van der Waals surface area contributed by atoms with Gasteiger partial charge in [-0.15, -0.1) is 0 Å². The lowest BCUT2D eigenvalue weighted by molar-refractivity contribution is -0.144. The minimum Gasteiger partial charge on any atom is -0.481 e. The van der Waals surface area contributed by atoms with Crippen molar-refractivity contribution in [3.05, 3.63) is 11.6 Å². The molecule has 2 rings (SSSR count). The molecule has 0 atom stereocenters. The number of nitrogens with zero attached hydrogens (tertiary/aromatic N) is 1. The standard InChI is InChI=1S/C13H19NO3/c1-9(10-2-3-10)8-12(15)14-6-4-11(5-7-14)13(16)17/h8,10-11H,2-7H2,1H3,(H,16,17). The van der Waals surface area contributed by atoms with E-state index >= 15 is 0 Å². The van der Waals surface area contributed by atoms with E-state index < -0.39 is 5.97 Å². The zero-order valence-electron chi connectivity index (χ0n) is 10.2. The second kappa shape index (κ2) is 4.90. The molecular weight excluding hydrogens is 218 g/mol. The van der Waals surface area contributed by atoms with Gasteiger partial charge in [0.25, 0.3) is 0 Å². The van der Waals surface area contributed by atoms with Crippen LogP contribution < -0.4 is 0 Å². The Kier molecular flexibility index (Phi) is 3.50. The Labute approximate surface area is 101 Å². The summed E-state index contributed by atoms with van der Waals surface area (Å²) in [5, 5.41) is 8.87. The van der Waals surface area contributed by atoms with Crippen molar-refractivity contribution in [2.75, 3.05) is 13.1 Å². The summed E-state index contributed by atoms with van der Waals surface area (Å²) < 4.78 is 0. The molecule has 0 spiro atoms. The Morgan fingerprint density at radius 3 is 2.18 bits per heavy atom. The van der Waals surface area contributed by atoms with Gasteiger partial charge in [-0.05, 0) is 38.5 Å². The number of aliphatic carboxylic acids is 1. The number of amides is 1. The van der Waals surface area contributed by atoms with Crippen LogP contribution in [0.3, 0.4) is 0 Å². The van der Waals surface area contributed by atoms with E-state index in [0.717, 1.165) is 0 Å². The van der Waals surface area contributed by atoms with Crippen molar-refractivity contribution in [2.45, 2.75) is 32.6 Å². The first-order valence-electron chi connectivity index (χ1n) is 6.28. The number of likely N-dealkylation sites (tertiary alicyclic amines) is 1. The number of carboxylic acid groups (broad SMARTS) is 1. The summed E-state index contributed by atoms with van der Waals surface area (Å²) in [6.45, 7) is 3.16. The monoisotopic (exact) mass is 237 g/mol. The summed E-state index contributed by atoms with van der Waals surface area (Å²) in [6, 6.07) is 0. The van der Waals surface area contributed by atoms with Gasteiger partial charge >= 0.3 is 5.97 Å². The summed E-state index contributed by atoms with van der Waals surface area (Å²) >= 11 is 0. The number of rotatable bonds is 3. The molecule has 0 radical (unpaired) electrons. The average molecular weight is 237 g/mol. The van der Waals surface area contributed by atoms with Gasteiger partial charge in [0.2, 0.25) is 5.91 Å². The van der Waals surface area contributed by atoms with Crippen molar-refractivity contribution in [2.24, 2.45) is 11.8 Å². The van der Waals surface area contributed by atoms with Crippen LogP contribution in [0.4, 0.5) is 0 Å². The molecule has 94 valence electrons. The van der Waals surface area contributed by atoms with Gasteiger partial charge in [0.05, 0.1) is 5.92 Å². The maximum atomic E-state index is 11.9. The lowest BCUT2D eigenvalue weighted by Gasteiger charge is -2.29. The van der Waals surface area contributed by atoms with E-state index in [4.69, 9.17) is 5.11 Å². The van der Waals surface area contributed by atoms with Crippen LogP contribution in [0.1, 0.15) is 32.6 Å². The highest BCUT2D eigenvalue weighted by Crippen LogP contribution is 2.36.